The fourth-order valence-corrected chi connectivity index (χ4v) is 3.45. The van der Waals surface area contributed by atoms with Crippen LogP contribution >= 0.6 is 0 Å². The van der Waals surface area contributed by atoms with Crippen molar-refractivity contribution >= 4 is 5.97 Å². The molecule has 2 aliphatic rings. The molecule has 0 radical (unpaired) electrons. The number of ether oxygens (including phenoxy) is 2. The van der Waals surface area contributed by atoms with Gasteiger partial charge in [-0.1, -0.05) is 12.1 Å². The second kappa shape index (κ2) is 5.53. The number of nitrogens with zero attached hydrogens (tertiary/aromatic N) is 1. The average molecular weight is 301 g/mol. The first kappa shape index (κ1) is 14.7. The van der Waals surface area contributed by atoms with Crippen LogP contribution in [0.15, 0.2) is 12.1 Å². The smallest absolute Gasteiger partial charge is 0.306 e. The Bertz CT molecular complexity index is 639. The zero-order valence-electron chi connectivity index (χ0n) is 12.6. The summed E-state index contributed by atoms with van der Waals surface area (Å²) in [5.74, 6) is 0.275. The maximum absolute atomic E-state index is 11.1. The molecule has 0 amide bonds. The molecule has 0 unspecified atom stereocenters. The molecule has 5 nitrogen and oxygen atoms in total. The minimum absolute atomic E-state index is 0.347. The lowest BCUT2D eigenvalue weighted by Crippen LogP contribution is -2.34. The Labute approximate surface area is 129 Å². The van der Waals surface area contributed by atoms with Gasteiger partial charge in [0.25, 0.3) is 0 Å². The van der Waals surface area contributed by atoms with E-state index in [9.17, 15) is 10.1 Å². The molecule has 0 saturated heterocycles. The quantitative estimate of drug-likeness (QED) is 0.908. The predicted molar refractivity (Wildman–Crippen MR) is 79.1 cm³/mol. The van der Waals surface area contributed by atoms with Crippen molar-refractivity contribution in [3.05, 3.63) is 23.3 Å². The molecular weight excluding hydrogens is 282 g/mol. The Hall–Kier alpha value is -2.22. The molecule has 0 aromatic heterocycles. The van der Waals surface area contributed by atoms with Gasteiger partial charge in [-0.05, 0) is 38.2 Å². The summed E-state index contributed by atoms with van der Waals surface area (Å²) in [5.41, 5.74) is 1.16. The summed E-state index contributed by atoms with van der Waals surface area (Å²) in [6.07, 6.45) is 2.12. The van der Waals surface area contributed by atoms with Crippen molar-refractivity contribution < 1.29 is 19.4 Å². The van der Waals surface area contributed by atoms with Gasteiger partial charge in [0.1, 0.15) is 13.2 Å². The maximum Gasteiger partial charge on any atom is 0.306 e. The number of rotatable bonds is 2. The van der Waals surface area contributed by atoms with Crippen LogP contribution in [0.1, 0.15) is 36.8 Å². The summed E-state index contributed by atoms with van der Waals surface area (Å²) in [6.45, 7) is 2.94. The van der Waals surface area contributed by atoms with Crippen molar-refractivity contribution in [2.45, 2.75) is 38.0 Å². The number of hydrogen-bond acceptors (Lipinski definition) is 4. The summed E-state index contributed by atoms with van der Waals surface area (Å²) >= 11 is 0. The Balaban J connectivity index is 1.99. The topological polar surface area (TPSA) is 79.6 Å². The number of nitriles is 1. The van der Waals surface area contributed by atoms with E-state index in [0.29, 0.717) is 44.6 Å². The lowest BCUT2D eigenvalue weighted by Gasteiger charge is -2.36. The third kappa shape index (κ3) is 2.29. The summed E-state index contributed by atoms with van der Waals surface area (Å²) in [4.78, 5) is 11.1. The molecule has 116 valence electrons. The highest BCUT2D eigenvalue weighted by Crippen LogP contribution is 2.48. The number of carboxylic acid groups (broad SMARTS) is 1. The third-order valence-corrected chi connectivity index (χ3v) is 4.80. The van der Waals surface area contributed by atoms with Gasteiger partial charge < -0.3 is 14.6 Å². The van der Waals surface area contributed by atoms with Gasteiger partial charge in [-0.25, -0.2) is 0 Å². The molecule has 1 heterocycles. The first-order valence-electron chi connectivity index (χ1n) is 7.61. The fourth-order valence-electron chi connectivity index (χ4n) is 3.45. The van der Waals surface area contributed by atoms with Gasteiger partial charge in [0.15, 0.2) is 11.5 Å². The van der Waals surface area contributed by atoms with Crippen LogP contribution in [0, 0.1) is 24.2 Å². The van der Waals surface area contributed by atoms with Crippen molar-refractivity contribution in [3.63, 3.8) is 0 Å². The van der Waals surface area contributed by atoms with Gasteiger partial charge in [-0.3, -0.25) is 4.79 Å². The number of aliphatic carboxylic acids is 1. The van der Waals surface area contributed by atoms with Gasteiger partial charge >= 0.3 is 5.97 Å². The summed E-state index contributed by atoms with van der Waals surface area (Å²) in [7, 11) is 0. The van der Waals surface area contributed by atoms with Gasteiger partial charge in [-0.2, -0.15) is 5.26 Å². The second-order valence-corrected chi connectivity index (χ2v) is 6.09. The van der Waals surface area contributed by atoms with E-state index in [2.05, 4.69) is 6.07 Å². The molecule has 1 aliphatic heterocycles. The van der Waals surface area contributed by atoms with Crippen LogP contribution in [-0.4, -0.2) is 24.3 Å². The Morgan fingerprint density at radius 2 is 1.91 bits per heavy atom. The number of fused-ring (bicyclic) bond motifs is 1. The van der Waals surface area contributed by atoms with Crippen molar-refractivity contribution in [1.82, 2.24) is 0 Å². The van der Waals surface area contributed by atoms with E-state index in [0.717, 1.165) is 16.9 Å². The van der Waals surface area contributed by atoms with Crippen LogP contribution < -0.4 is 9.47 Å². The minimum Gasteiger partial charge on any atom is -0.486 e. The molecule has 1 aromatic rings. The highest BCUT2D eigenvalue weighted by atomic mass is 16.6. The summed E-state index contributed by atoms with van der Waals surface area (Å²) in [6, 6.07) is 6.32. The number of carbonyl (C=O) groups is 1. The molecule has 0 bridgehead atoms. The molecule has 5 heteroatoms. The number of hydrogen-bond donors (Lipinski definition) is 1. The van der Waals surface area contributed by atoms with Crippen LogP contribution in [0.5, 0.6) is 11.5 Å². The first-order chi connectivity index (χ1) is 10.6. The number of carboxylic acids is 1. The van der Waals surface area contributed by atoms with E-state index in [1.165, 1.54) is 0 Å². The summed E-state index contributed by atoms with van der Waals surface area (Å²) in [5, 5.41) is 18.9. The molecule has 1 saturated carbocycles. The number of aryl methyl sites for hydroxylation is 1. The molecular formula is C17H19NO4. The molecule has 1 N–H and O–H groups in total. The van der Waals surface area contributed by atoms with Crippen LogP contribution in [0.25, 0.3) is 0 Å². The lowest BCUT2D eigenvalue weighted by atomic mass is 9.67. The molecule has 1 aliphatic carbocycles. The molecule has 3 rings (SSSR count). The fraction of sp³-hybridized carbons (Fsp3) is 0.529. The highest BCUT2D eigenvalue weighted by molar-refractivity contribution is 5.70. The standard InChI is InChI=1S/C17H19NO4/c1-11-2-3-13(15-14(11)21-8-9-22-15)17(10-18)6-4-12(5-7-17)16(19)20/h2-3,12H,4-9H2,1H3,(H,19,20). The van der Waals surface area contributed by atoms with Crippen molar-refractivity contribution in [2.24, 2.45) is 5.92 Å². The van der Waals surface area contributed by atoms with Crippen molar-refractivity contribution in [3.8, 4) is 17.6 Å². The lowest BCUT2D eigenvalue weighted by molar-refractivity contribution is -0.143. The molecule has 22 heavy (non-hydrogen) atoms. The van der Waals surface area contributed by atoms with E-state index in [1.54, 1.807) is 0 Å². The van der Waals surface area contributed by atoms with Crippen molar-refractivity contribution in [2.75, 3.05) is 13.2 Å². The van der Waals surface area contributed by atoms with E-state index in [4.69, 9.17) is 14.6 Å². The Morgan fingerprint density at radius 1 is 1.27 bits per heavy atom. The van der Waals surface area contributed by atoms with Crippen molar-refractivity contribution in [1.29, 1.82) is 5.26 Å². The maximum atomic E-state index is 11.1. The van der Waals surface area contributed by atoms with Gasteiger partial charge in [0.05, 0.1) is 17.4 Å². The minimum atomic E-state index is -0.767. The van der Waals surface area contributed by atoms with E-state index in [1.807, 2.05) is 19.1 Å². The van der Waals surface area contributed by atoms with Crippen LogP contribution in [-0.2, 0) is 10.2 Å². The first-order valence-corrected chi connectivity index (χ1v) is 7.61. The SMILES string of the molecule is Cc1ccc(C2(C#N)CCC(C(=O)O)CC2)c2c1OCCO2. The molecule has 0 atom stereocenters. The predicted octanol–water partition coefficient (Wildman–Crippen LogP) is 2.80. The average Bonchev–Trinajstić information content (AvgIpc) is 2.55. The van der Waals surface area contributed by atoms with Gasteiger partial charge in [0, 0.05) is 5.56 Å². The largest absolute Gasteiger partial charge is 0.486 e. The Kier molecular flexibility index (Phi) is 3.69. The third-order valence-electron chi connectivity index (χ3n) is 4.80. The highest BCUT2D eigenvalue weighted by Gasteiger charge is 2.42. The zero-order chi connectivity index (χ0) is 15.7. The van der Waals surface area contributed by atoms with E-state index in [-0.39, 0.29) is 5.92 Å². The van der Waals surface area contributed by atoms with Gasteiger partial charge in [-0.15, -0.1) is 0 Å². The van der Waals surface area contributed by atoms with Crippen LogP contribution in [0.4, 0.5) is 0 Å². The molecule has 1 aromatic carbocycles. The number of benzene rings is 1. The molecule has 1 fully saturated rings. The molecule has 0 spiro atoms. The van der Waals surface area contributed by atoms with Crippen LogP contribution in [0.3, 0.4) is 0 Å². The van der Waals surface area contributed by atoms with E-state index >= 15 is 0 Å². The second-order valence-electron chi connectivity index (χ2n) is 6.09. The normalized spacial score (nSPS) is 27.0. The monoisotopic (exact) mass is 301 g/mol. The van der Waals surface area contributed by atoms with Crippen LogP contribution in [0.2, 0.25) is 0 Å². The van der Waals surface area contributed by atoms with Gasteiger partial charge in [0.2, 0.25) is 0 Å². The summed E-state index contributed by atoms with van der Waals surface area (Å²) < 4.78 is 11.5. The Morgan fingerprint density at radius 3 is 2.50 bits per heavy atom. The van der Waals surface area contributed by atoms with E-state index < -0.39 is 11.4 Å². The zero-order valence-corrected chi connectivity index (χ0v) is 12.6.